The summed E-state index contributed by atoms with van der Waals surface area (Å²) in [7, 11) is 0. The molecular formula is C10H12O3. The Kier molecular flexibility index (Phi) is 3.31. The predicted octanol–water partition coefficient (Wildman–Crippen LogP) is 1.85. The molecule has 0 spiro atoms. The van der Waals surface area contributed by atoms with Crippen LogP contribution in [0.1, 0.15) is 12.0 Å². The summed E-state index contributed by atoms with van der Waals surface area (Å²) < 4.78 is 5.27. The molecule has 3 nitrogen and oxygen atoms in total. The van der Waals surface area contributed by atoms with E-state index in [0.717, 1.165) is 11.3 Å². The lowest BCUT2D eigenvalue weighted by Crippen LogP contribution is -2.05. The van der Waals surface area contributed by atoms with Gasteiger partial charge in [-0.2, -0.15) is 0 Å². The van der Waals surface area contributed by atoms with Crippen molar-refractivity contribution in [3.05, 3.63) is 29.8 Å². The van der Waals surface area contributed by atoms with Gasteiger partial charge in [-0.1, -0.05) is 18.2 Å². The lowest BCUT2D eigenvalue weighted by Gasteiger charge is -2.06. The zero-order valence-electron chi connectivity index (χ0n) is 7.49. The van der Waals surface area contributed by atoms with E-state index in [1.54, 1.807) is 0 Å². The van der Waals surface area contributed by atoms with Crippen molar-refractivity contribution >= 4 is 5.97 Å². The highest BCUT2D eigenvalue weighted by molar-refractivity contribution is 5.66. The summed E-state index contributed by atoms with van der Waals surface area (Å²) >= 11 is 0. The van der Waals surface area contributed by atoms with Crippen molar-refractivity contribution in [3.63, 3.8) is 0 Å². The molecule has 0 aliphatic heterocycles. The van der Waals surface area contributed by atoms with Crippen molar-refractivity contribution in [1.82, 2.24) is 0 Å². The van der Waals surface area contributed by atoms with E-state index in [1.807, 2.05) is 31.2 Å². The molecule has 0 unspecified atom stereocenters. The Bertz CT molecular complexity index is 294. The van der Waals surface area contributed by atoms with Crippen LogP contribution in [-0.4, -0.2) is 17.7 Å². The van der Waals surface area contributed by atoms with Gasteiger partial charge < -0.3 is 9.84 Å². The van der Waals surface area contributed by atoms with Crippen LogP contribution in [0.4, 0.5) is 0 Å². The number of carboxylic acid groups (broad SMARTS) is 1. The number of para-hydroxylation sites is 1. The van der Waals surface area contributed by atoms with Crippen LogP contribution in [0.3, 0.4) is 0 Å². The maximum Gasteiger partial charge on any atom is 0.306 e. The summed E-state index contributed by atoms with van der Waals surface area (Å²) in [6.07, 6.45) is 0.0360. The standard InChI is InChI=1S/C10H12O3/c1-8-4-2-3-5-9(8)13-7-6-10(11)12/h2-5H,6-7H2,1H3,(H,11,12). The molecule has 0 atom stereocenters. The molecule has 3 heteroatoms. The van der Waals surface area contributed by atoms with Crippen molar-refractivity contribution in [3.8, 4) is 5.75 Å². The highest BCUT2D eigenvalue weighted by atomic mass is 16.5. The molecule has 0 radical (unpaired) electrons. The second-order valence-electron chi connectivity index (χ2n) is 2.76. The minimum absolute atomic E-state index is 0.0360. The molecule has 0 aromatic heterocycles. The van der Waals surface area contributed by atoms with Gasteiger partial charge in [0.1, 0.15) is 5.75 Å². The molecule has 1 aromatic carbocycles. The fourth-order valence-corrected chi connectivity index (χ4v) is 0.967. The van der Waals surface area contributed by atoms with Gasteiger partial charge in [-0.15, -0.1) is 0 Å². The normalized spacial score (nSPS) is 9.62. The van der Waals surface area contributed by atoms with Crippen LogP contribution in [0.15, 0.2) is 24.3 Å². The Balaban J connectivity index is 2.45. The summed E-state index contributed by atoms with van der Waals surface area (Å²) in [6, 6.07) is 7.54. The first kappa shape index (κ1) is 9.58. The Hall–Kier alpha value is -1.51. The highest BCUT2D eigenvalue weighted by Crippen LogP contribution is 2.15. The van der Waals surface area contributed by atoms with E-state index in [0.29, 0.717) is 0 Å². The Labute approximate surface area is 77.0 Å². The molecule has 0 saturated carbocycles. The van der Waals surface area contributed by atoms with Crippen LogP contribution in [0.2, 0.25) is 0 Å². The first-order valence-corrected chi connectivity index (χ1v) is 4.10. The number of benzene rings is 1. The lowest BCUT2D eigenvalue weighted by molar-refractivity contribution is -0.137. The largest absolute Gasteiger partial charge is 0.493 e. The number of ether oxygens (including phenoxy) is 1. The van der Waals surface area contributed by atoms with Gasteiger partial charge in [0.15, 0.2) is 0 Å². The summed E-state index contributed by atoms with van der Waals surface area (Å²) in [6.45, 7) is 2.15. The van der Waals surface area contributed by atoms with E-state index < -0.39 is 5.97 Å². The average molecular weight is 180 g/mol. The molecule has 0 fully saturated rings. The third-order valence-electron chi connectivity index (χ3n) is 1.67. The van der Waals surface area contributed by atoms with Crippen molar-refractivity contribution in [2.75, 3.05) is 6.61 Å². The number of hydrogen-bond donors (Lipinski definition) is 1. The molecule has 1 rings (SSSR count). The number of carbonyl (C=O) groups is 1. The quantitative estimate of drug-likeness (QED) is 0.769. The van der Waals surface area contributed by atoms with Gasteiger partial charge in [0, 0.05) is 0 Å². The second kappa shape index (κ2) is 4.50. The molecule has 0 aliphatic rings. The summed E-state index contributed by atoms with van der Waals surface area (Å²) in [5, 5.41) is 8.38. The lowest BCUT2D eigenvalue weighted by atomic mass is 10.2. The highest BCUT2D eigenvalue weighted by Gasteiger charge is 1.99. The fourth-order valence-electron chi connectivity index (χ4n) is 0.967. The Morgan fingerprint density at radius 1 is 1.46 bits per heavy atom. The number of carboxylic acids is 1. The molecule has 0 amide bonds. The van der Waals surface area contributed by atoms with Gasteiger partial charge in [0.05, 0.1) is 13.0 Å². The molecule has 0 heterocycles. The van der Waals surface area contributed by atoms with Crippen LogP contribution in [-0.2, 0) is 4.79 Å². The van der Waals surface area contributed by atoms with E-state index >= 15 is 0 Å². The molecule has 13 heavy (non-hydrogen) atoms. The minimum Gasteiger partial charge on any atom is -0.493 e. The van der Waals surface area contributed by atoms with Crippen LogP contribution >= 0.6 is 0 Å². The van der Waals surface area contributed by atoms with E-state index in [2.05, 4.69) is 0 Å². The fraction of sp³-hybridized carbons (Fsp3) is 0.300. The van der Waals surface area contributed by atoms with Gasteiger partial charge >= 0.3 is 5.97 Å². The zero-order chi connectivity index (χ0) is 9.68. The van der Waals surface area contributed by atoms with E-state index in [9.17, 15) is 4.79 Å². The maximum atomic E-state index is 10.2. The topological polar surface area (TPSA) is 46.5 Å². The molecule has 0 bridgehead atoms. The van der Waals surface area contributed by atoms with Crippen LogP contribution in [0.5, 0.6) is 5.75 Å². The summed E-state index contributed by atoms with van der Waals surface area (Å²) in [5.74, 6) is -0.0858. The van der Waals surface area contributed by atoms with Gasteiger partial charge in [0.2, 0.25) is 0 Å². The van der Waals surface area contributed by atoms with E-state index in [-0.39, 0.29) is 13.0 Å². The van der Waals surface area contributed by atoms with Gasteiger partial charge in [-0.25, -0.2) is 0 Å². The summed E-state index contributed by atoms with van der Waals surface area (Å²) in [4.78, 5) is 10.2. The molecule has 1 aromatic rings. The van der Waals surface area contributed by atoms with Crippen LogP contribution < -0.4 is 4.74 Å². The predicted molar refractivity (Wildman–Crippen MR) is 48.9 cm³/mol. The van der Waals surface area contributed by atoms with Crippen molar-refractivity contribution in [1.29, 1.82) is 0 Å². The Morgan fingerprint density at radius 2 is 2.15 bits per heavy atom. The third-order valence-corrected chi connectivity index (χ3v) is 1.67. The van der Waals surface area contributed by atoms with Gasteiger partial charge in [0.25, 0.3) is 0 Å². The van der Waals surface area contributed by atoms with Crippen molar-refractivity contribution in [2.45, 2.75) is 13.3 Å². The number of aryl methyl sites for hydroxylation is 1. The SMILES string of the molecule is Cc1ccccc1OCCC(=O)O. The van der Waals surface area contributed by atoms with Crippen LogP contribution in [0.25, 0.3) is 0 Å². The average Bonchev–Trinajstić information content (AvgIpc) is 2.08. The van der Waals surface area contributed by atoms with E-state index in [1.165, 1.54) is 0 Å². The summed E-state index contributed by atoms with van der Waals surface area (Å²) in [5.41, 5.74) is 1.02. The van der Waals surface area contributed by atoms with Crippen LogP contribution in [0, 0.1) is 6.92 Å². The van der Waals surface area contributed by atoms with E-state index in [4.69, 9.17) is 9.84 Å². The smallest absolute Gasteiger partial charge is 0.306 e. The second-order valence-corrected chi connectivity index (χ2v) is 2.76. The first-order valence-electron chi connectivity index (χ1n) is 4.10. The molecule has 70 valence electrons. The minimum atomic E-state index is -0.839. The molecule has 1 N–H and O–H groups in total. The first-order chi connectivity index (χ1) is 6.20. The number of hydrogen-bond acceptors (Lipinski definition) is 2. The number of aliphatic carboxylic acids is 1. The molecule has 0 aliphatic carbocycles. The molecular weight excluding hydrogens is 168 g/mol. The molecule has 0 saturated heterocycles. The number of rotatable bonds is 4. The van der Waals surface area contributed by atoms with Gasteiger partial charge in [-0.05, 0) is 18.6 Å². The maximum absolute atomic E-state index is 10.2. The van der Waals surface area contributed by atoms with Crippen molar-refractivity contribution in [2.24, 2.45) is 0 Å². The monoisotopic (exact) mass is 180 g/mol. The zero-order valence-corrected chi connectivity index (χ0v) is 7.49. The third kappa shape index (κ3) is 3.15. The van der Waals surface area contributed by atoms with Crippen molar-refractivity contribution < 1.29 is 14.6 Å². The Morgan fingerprint density at radius 3 is 2.77 bits per heavy atom. The van der Waals surface area contributed by atoms with Gasteiger partial charge in [-0.3, -0.25) is 4.79 Å².